The quantitative estimate of drug-likeness (QED) is 0.599. The normalized spacial score (nSPS) is 28.1. The Kier molecular flexibility index (Phi) is 6.23. The summed E-state index contributed by atoms with van der Waals surface area (Å²) < 4.78 is 10.3. The molecule has 1 heterocycles. The summed E-state index contributed by atoms with van der Waals surface area (Å²) in [5.74, 6) is 0. The molecule has 0 aromatic carbocycles. The van der Waals surface area contributed by atoms with Crippen LogP contribution in [-0.4, -0.2) is 57.7 Å². The van der Waals surface area contributed by atoms with Crippen LogP contribution < -0.4 is 10.6 Å². The standard InChI is InChI=1S/C16H29N3O3/c1-19(12-13(21-2)22-3)15(20)18-14-16(10-7-11-17-14)8-5-4-6-9-16/h5,8,13-14,17H,4,6-7,9-12H2,1-3H3,(H,18,20). The van der Waals surface area contributed by atoms with E-state index in [2.05, 4.69) is 22.8 Å². The lowest BCUT2D eigenvalue weighted by molar-refractivity contribution is -0.109. The van der Waals surface area contributed by atoms with E-state index in [0.29, 0.717) is 6.54 Å². The molecule has 2 unspecified atom stereocenters. The Morgan fingerprint density at radius 2 is 2.14 bits per heavy atom. The Hall–Kier alpha value is -1.11. The summed E-state index contributed by atoms with van der Waals surface area (Å²) in [6, 6.07) is -0.100. The van der Waals surface area contributed by atoms with E-state index < -0.39 is 6.29 Å². The van der Waals surface area contributed by atoms with Crippen molar-refractivity contribution in [2.75, 3.05) is 34.4 Å². The molecule has 0 aromatic heterocycles. The molecule has 2 N–H and O–H groups in total. The molecule has 0 aromatic rings. The van der Waals surface area contributed by atoms with Gasteiger partial charge in [-0.1, -0.05) is 12.2 Å². The van der Waals surface area contributed by atoms with Crippen LogP contribution in [0.3, 0.4) is 0 Å². The number of allylic oxidation sites excluding steroid dienone is 1. The average molecular weight is 311 g/mol. The van der Waals surface area contributed by atoms with Crippen molar-refractivity contribution in [3.05, 3.63) is 12.2 Å². The predicted molar refractivity (Wildman–Crippen MR) is 85.4 cm³/mol. The maximum atomic E-state index is 12.4. The van der Waals surface area contributed by atoms with Crippen molar-refractivity contribution in [1.29, 1.82) is 0 Å². The van der Waals surface area contributed by atoms with Gasteiger partial charge in [-0.3, -0.25) is 5.32 Å². The SMILES string of the molecule is COC(CN(C)C(=O)NC1NCCCC12C=CCCC2)OC. The number of methoxy groups -OCH3 is 2. The second-order valence-electron chi connectivity index (χ2n) is 6.25. The van der Waals surface area contributed by atoms with Gasteiger partial charge in [0, 0.05) is 26.7 Å². The number of amides is 2. The third kappa shape index (κ3) is 4.00. The van der Waals surface area contributed by atoms with Crippen LogP contribution in [0.25, 0.3) is 0 Å². The molecule has 22 heavy (non-hydrogen) atoms. The van der Waals surface area contributed by atoms with Gasteiger partial charge in [0.05, 0.1) is 12.7 Å². The van der Waals surface area contributed by atoms with E-state index in [0.717, 1.165) is 32.2 Å². The molecular formula is C16H29N3O3. The Labute approximate surface area is 133 Å². The van der Waals surface area contributed by atoms with Gasteiger partial charge in [0.15, 0.2) is 6.29 Å². The lowest BCUT2D eigenvalue weighted by Gasteiger charge is -2.45. The minimum atomic E-state index is -0.404. The van der Waals surface area contributed by atoms with E-state index in [-0.39, 0.29) is 17.6 Å². The average Bonchev–Trinajstić information content (AvgIpc) is 2.55. The molecular weight excluding hydrogens is 282 g/mol. The van der Waals surface area contributed by atoms with Crippen LogP contribution >= 0.6 is 0 Å². The summed E-state index contributed by atoms with van der Waals surface area (Å²) in [5, 5.41) is 6.62. The highest BCUT2D eigenvalue weighted by atomic mass is 16.7. The van der Waals surface area contributed by atoms with Gasteiger partial charge in [-0.2, -0.15) is 0 Å². The smallest absolute Gasteiger partial charge is 0.318 e. The van der Waals surface area contributed by atoms with Gasteiger partial charge < -0.3 is 19.7 Å². The highest BCUT2D eigenvalue weighted by Crippen LogP contribution is 2.40. The van der Waals surface area contributed by atoms with E-state index in [1.165, 1.54) is 6.42 Å². The molecule has 2 amide bonds. The molecule has 0 radical (unpaired) electrons. The highest BCUT2D eigenvalue weighted by molar-refractivity contribution is 5.74. The van der Waals surface area contributed by atoms with Crippen LogP contribution in [0.1, 0.15) is 32.1 Å². The number of piperidine rings is 1. The first-order chi connectivity index (χ1) is 10.6. The van der Waals surface area contributed by atoms with Gasteiger partial charge in [0.1, 0.15) is 0 Å². The summed E-state index contributed by atoms with van der Waals surface area (Å²) in [5.41, 5.74) is 0.0644. The number of hydrogen-bond donors (Lipinski definition) is 2. The fraction of sp³-hybridized carbons (Fsp3) is 0.812. The number of carbonyl (C=O) groups is 1. The van der Waals surface area contributed by atoms with Crippen LogP contribution in [0.15, 0.2) is 12.2 Å². The number of hydrogen-bond acceptors (Lipinski definition) is 4. The number of carbonyl (C=O) groups excluding carboxylic acids is 1. The van der Waals surface area contributed by atoms with Crippen molar-refractivity contribution in [2.45, 2.75) is 44.6 Å². The van der Waals surface area contributed by atoms with Crippen molar-refractivity contribution >= 4 is 6.03 Å². The van der Waals surface area contributed by atoms with Crippen LogP contribution in [0.5, 0.6) is 0 Å². The number of urea groups is 1. The molecule has 6 heteroatoms. The molecule has 1 spiro atoms. The van der Waals surface area contributed by atoms with Crippen molar-refractivity contribution in [3.8, 4) is 0 Å². The first-order valence-electron chi connectivity index (χ1n) is 8.09. The molecule has 2 rings (SSSR count). The second-order valence-corrected chi connectivity index (χ2v) is 6.25. The van der Waals surface area contributed by atoms with Crippen molar-refractivity contribution < 1.29 is 14.3 Å². The van der Waals surface area contributed by atoms with Crippen molar-refractivity contribution in [3.63, 3.8) is 0 Å². The Bertz CT molecular complexity index is 398. The molecule has 6 nitrogen and oxygen atoms in total. The Morgan fingerprint density at radius 3 is 2.77 bits per heavy atom. The molecule has 1 saturated heterocycles. The number of rotatable bonds is 5. The summed E-state index contributed by atoms with van der Waals surface area (Å²) in [6.07, 6.45) is 9.90. The lowest BCUT2D eigenvalue weighted by Crippen LogP contribution is -2.61. The molecule has 2 aliphatic rings. The van der Waals surface area contributed by atoms with Gasteiger partial charge in [0.25, 0.3) is 0 Å². The molecule has 1 aliphatic carbocycles. The minimum Gasteiger partial charge on any atom is -0.354 e. The third-order valence-corrected chi connectivity index (χ3v) is 4.77. The monoisotopic (exact) mass is 311 g/mol. The third-order valence-electron chi connectivity index (χ3n) is 4.77. The number of nitrogens with one attached hydrogen (secondary N) is 2. The van der Waals surface area contributed by atoms with E-state index >= 15 is 0 Å². The summed E-state index contributed by atoms with van der Waals surface area (Å²) >= 11 is 0. The zero-order valence-corrected chi connectivity index (χ0v) is 13.9. The summed E-state index contributed by atoms with van der Waals surface area (Å²) in [6.45, 7) is 1.34. The lowest BCUT2D eigenvalue weighted by atomic mass is 9.71. The van der Waals surface area contributed by atoms with E-state index in [9.17, 15) is 4.79 Å². The first kappa shape index (κ1) is 17.2. The first-order valence-corrected chi connectivity index (χ1v) is 8.09. The zero-order valence-electron chi connectivity index (χ0n) is 13.9. The maximum Gasteiger partial charge on any atom is 0.318 e. The van der Waals surface area contributed by atoms with Crippen molar-refractivity contribution in [2.24, 2.45) is 5.41 Å². The van der Waals surface area contributed by atoms with Crippen LogP contribution in [0.2, 0.25) is 0 Å². The van der Waals surface area contributed by atoms with Gasteiger partial charge in [-0.05, 0) is 38.6 Å². The highest BCUT2D eigenvalue weighted by Gasteiger charge is 2.40. The molecule has 1 aliphatic heterocycles. The fourth-order valence-electron chi connectivity index (χ4n) is 3.39. The topological polar surface area (TPSA) is 62.8 Å². The molecule has 0 bridgehead atoms. The summed E-state index contributed by atoms with van der Waals surface area (Å²) in [7, 11) is 4.90. The fourth-order valence-corrected chi connectivity index (χ4v) is 3.39. The minimum absolute atomic E-state index is 0.00344. The molecule has 126 valence electrons. The second kappa shape index (κ2) is 7.94. The van der Waals surface area contributed by atoms with E-state index in [4.69, 9.17) is 9.47 Å². The Morgan fingerprint density at radius 1 is 1.41 bits per heavy atom. The predicted octanol–water partition coefficient (Wildman–Crippen LogP) is 1.68. The van der Waals surface area contributed by atoms with E-state index in [1.54, 1.807) is 26.2 Å². The molecule has 0 saturated carbocycles. The Balaban J connectivity index is 1.96. The van der Waals surface area contributed by atoms with Gasteiger partial charge >= 0.3 is 6.03 Å². The van der Waals surface area contributed by atoms with E-state index in [1.807, 2.05) is 0 Å². The number of likely N-dealkylation sites (N-methyl/N-ethyl adjacent to an activating group) is 1. The maximum absolute atomic E-state index is 12.4. The van der Waals surface area contributed by atoms with Gasteiger partial charge in [-0.15, -0.1) is 0 Å². The number of nitrogens with zero attached hydrogens (tertiary/aromatic N) is 1. The van der Waals surface area contributed by atoms with Crippen molar-refractivity contribution in [1.82, 2.24) is 15.5 Å². The van der Waals surface area contributed by atoms with Crippen LogP contribution in [-0.2, 0) is 9.47 Å². The summed E-state index contributed by atoms with van der Waals surface area (Å²) in [4.78, 5) is 14.0. The molecule has 1 fully saturated rings. The number of ether oxygens (including phenoxy) is 2. The molecule has 2 atom stereocenters. The van der Waals surface area contributed by atoms with Gasteiger partial charge in [0.2, 0.25) is 0 Å². The largest absolute Gasteiger partial charge is 0.354 e. The van der Waals surface area contributed by atoms with Crippen LogP contribution in [0.4, 0.5) is 4.79 Å². The zero-order chi connectivity index (χ0) is 16.0. The van der Waals surface area contributed by atoms with Gasteiger partial charge in [-0.25, -0.2) is 4.79 Å². The van der Waals surface area contributed by atoms with Crippen LogP contribution in [0, 0.1) is 5.41 Å².